The molecule has 0 atom stereocenters. The van der Waals surface area contributed by atoms with Gasteiger partial charge in [-0.1, -0.05) is 11.3 Å². The number of non-ortho nitro benzene ring substituents is 1. The van der Waals surface area contributed by atoms with Gasteiger partial charge >= 0.3 is 6.18 Å². The molecule has 1 N–H and O–H groups in total. The van der Waals surface area contributed by atoms with E-state index in [1.807, 2.05) is 0 Å². The molecule has 1 aromatic carbocycles. The topological polar surface area (TPSA) is 98.0 Å². The molecule has 110 valence electrons. The summed E-state index contributed by atoms with van der Waals surface area (Å²) in [7, 11) is 0. The van der Waals surface area contributed by atoms with E-state index >= 15 is 0 Å². The molecule has 0 radical (unpaired) electrons. The van der Waals surface area contributed by atoms with E-state index in [-0.39, 0.29) is 27.7 Å². The first-order valence-corrected chi connectivity index (χ1v) is 6.05. The Hall–Kier alpha value is -2.56. The summed E-state index contributed by atoms with van der Waals surface area (Å²) in [6, 6.07) is 4.57. The van der Waals surface area contributed by atoms with Crippen molar-refractivity contribution in [2.45, 2.75) is 6.18 Å². The molecule has 2 rings (SSSR count). The molecular formula is C10H5F3N4O3S. The summed E-state index contributed by atoms with van der Waals surface area (Å²) in [4.78, 5) is 21.5. The number of hydrogen-bond donors (Lipinski definition) is 1. The molecule has 21 heavy (non-hydrogen) atoms. The Balaban J connectivity index is 2.11. The second kappa shape index (κ2) is 5.44. The molecule has 0 fully saturated rings. The third-order valence-electron chi connectivity index (χ3n) is 2.23. The average Bonchev–Trinajstić information content (AvgIpc) is 2.87. The van der Waals surface area contributed by atoms with Crippen molar-refractivity contribution in [3.05, 3.63) is 45.0 Å². The zero-order valence-electron chi connectivity index (χ0n) is 9.92. The largest absolute Gasteiger partial charge is 0.445 e. The molecular weight excluding hydrogens is 313 g/mol. The summed E-state index contributed by atoms with van der Waals surface area (Å²) >= 11 is 0.183. The van der Waals surface area contributed by atoms with Crippen LogP contribution in [0.5, 0.6) is 0 Å². The van der Waals surface area contributed by atoms with Crippen molar-refractivity contribution < 1.29 is 22.9 Å². The van der Waals surface area contributed by atoms with Crippen LogP contribution in [0.25, 0.3) is 0 Å². The molecule has 0 spiro atoms. The molecule has 0 saturated carbocycles. The van der Waals surface area contributed by atoms with Crippen molar-refractivity contribution in [2.75, 3.05) is 5.32 Å². The van der Waals surface area contributed by atoms with E-state index < -0.39 is 22.0 Å². The van der Waals surface area contributed by atoms with Crippen LogP contribution in [-0.2, 0) is 6.18 Å². The normalized spacial score (nSPS) is 11.2. The van der Waals surface area contributed by atoms with E-state index in [2.05, 4.69) is 15.5 Å². The highest BCUT2D eigenvalue weighted by atomic mass is 32.1. The molecule has 7 nitrogen and oxygen atoms in total. The van der Waals surface area contributed by atoms with Crippen LogP contribution in [0.2, 0.25) is 0 Å². The Morgan fingerprint density at radius 1 is 1.24 bits per heavy atom. The zero-order chi connectivity index (χ0) is 15.6. The van der Waals surface area contributed by atoms with Gasteiger partial charge in [-0.05, 0) is 12.1 Å². The second-order valence-corrected chi connectivity index (χ2v) is 4.65. The standard InChI is InChI=1S/C10H5F3N4O3S/c11-10(12,13)8-15-16-9(21-8)14-7(18)5-1-3-6(4-2-5)17(19)20/h1-4H,(H,14,16,18). The van der Waals surface area contributed by atoms with Crippen LogP contribution in [0, 0.1) is 10.1 Å². The van der Waals surface area contributed by atoms with Crippen LogP contribution in [0.1, 0.15) is 15.4 Å². The van der Waals surface area contributed by atoms with Crippen LogP contribution < -0.4 is 5.32 Å². The van der Waals surface area contributed by atoms with Crippen molar-refractivity contribution in [2.24, 2.45) is 0 Å². The molecule has 0 unspecified atom stereocenters. The number of nitrogens with zero attached hydrogens (tertiary/aromatic N) is 3. The van der Waals surface area contributed by atoms with Gasteiger partial charge in [-0.15, -0.1) is 10.2 Å². The zero-order valence-corrected chi connectivity index (χ0v) is 10.7. The molecule has 0 aliphatic rings. The summed E-state index contributed by atoms with van der Waals surface area (Å²) in [5.41, 5.74) is -0.161. The second-order valence-electron chi connectivity index (χ2n) is 3.67. The first-order chi connectivity index (χ1) is 9.77. The van der Waals surface area contributed by atoms with Crippen LogP contribution in [-0.4, -0.2) is 21.0 Å². The van der Waals surface area contributed by atoms with Crippen LogP contribution >= 0.6 is 11.3 Å². The van der Waals surface area contributed by atoms with E-state index in [1.54, 1.807) is 0 Å². The Bertz CT molecular complexity index is 684. The number of aromatic nitrogens is 2. The van der Waals surface area contributed by atoms with Gasteiger partial charge in [0.25, 0.3) is 11.6 Å². The third-order valence-corrected chi connectivity index (χ3v) is 3.11. The number of rotatable bonds is 3. The number of carbonyl (C=O) groups excluding carboxylic acids is 1. The molecule has 1 amide bonds. The first kappa shape index (κ1) is 14.8. The first-order valence-electron chi connectivity index (χ1n) is 5.24. The fraction of sp³-hybridized carbons (Fsp3) is 0.100. The molecule has 0 saturated heterocycles. The Labute approximate surface area is 118 Å². The van der Waals surface area contributed by atoms with Crippen LogP contribution in [0.15, 0.2) is 24.3 Å². The van der Waals surface area contributed by atoms with Crippen molar-refractivity contribution >= 4 is 28.1 Å². The number of nitro benzene ring substituents is 1. The minimum Gasteiger partial charge on any atom is -0.296 e. The van der Waals surface area contributed by atoms with Gasteiger partial charge in [-0.3, -0.25) is 20.2 Å². The number of alkyl halides is 3. The lowest BCUT2D eigenvalue weighted by atomic mass is 10.2. The SMILES string of the molecule is O=C(Nc1nnc(C(F)(F)F)s1)c1ccc([N+](=O)[O-])cc1. The lowest BCUT2D eigenvalue weighted by Gasteiger charge is -2.01. The number of amides is 1. The summed E-state index contributed by atoms with van der Waals surface area (Å²) in [5, 5.41) is 17.2. The van der Waals surface area contributed by atoms with Crippen molar-refractivity contribution in [1.29, 1.82) is 0 Å². The quantitative estimate of drug-likeness (QED) is 0.693. The lowest BCUT2D eigenvalue weighted by molar-refractivity contribution is -0.384. The number of halogens is 3. The Morgan fingerprint density at radius 2 is 1.86 bits per heavy atom. The molecule has 11 heteroatoms. The van der Waals surface area contributed by atoms with Gasteiger partial charge in [0.05, 0.1) is 4.92 Å². The minimum atomic E-state index is -4.63. The lowest BCUT2D eigenvalue weighted by Crippen LogP contribution is -2.11. The van der Waals surface area contributed by atoms with Gasteiger partial charge in [0.15, 0.2) is 0 Å². The summed E-state index contributed by atoms with van der Waals surface area (Å²) < 4.78 is 36.9. The Morgan fingerprint density at radius 3 is 2.33 bits per heavy atom. The number of carbonyl (C=O) groups is 1. The minimum absolute atomic E-state index is 0.0457. The van der Waals surface area contributed by atoms with Crippen molar-refractivity contribution in [1.82, 2.24) is 10.2 Å². The highest BCUT2D eigenvalue weighted by molar-refractivity contribution is 7.15. The smallest absolute Gasteiger partial charge is 0.296 e. The number of anilines is 1. The molecule has 1 heterocycles. The fourth-order valence-corrected chi connectivity index (χ4v) is 1.90. The maximum atomic E-state index is 12.3. The van der Waals surface area contributed by atoms with E-state index in [1.165, 1.54) is 12.1 Å². The van der Waals surface area contributed by atoms with E-state index in [0.29, 0.717) is 0 Å². The van der Waals surface area contributed by atoms with Crippen LogP contribution in [0.4, 0.5) is 24.0 Å². The van der Waals surface area contributed by atoms with Gasteiger partial charge in [0, 0.05) is 17.7 Å². The number of nitro groups is 1. The van der Waals surface area contributed by atoms with E-state index in [4.69, 9.17) is 0 Å². The summed E-state index contributed by atoms with van der Waals surface area (Å²) in [6.07, 6.45) is -4.63. The van der Waals surface area contributed by atoms with Crippen molar-refractivity contribution in [3.63, 3.8) is 0 Å². The molecule has 0 bridgehead atoms. The molecule has 0 aliphatic heterocycles. The number of nitrogens with one attached hydrogen (secondary N) is 1. The van der Waals surface area contributed by atoms with E-state index in [9.17, 15) is 28.1 Å². The maximum absolute atomic E-state index is 12.3. The van der Waals surface area contributed by atoms with Gasteiger partial charge in [-0.25, -0.2) is 0 Å². The Kier molecular flexibility index (Phi) is 3.84. The predicted molar refractivity (Wildman–Crippen MR) is 66.0 cm³/mol. The molecule has 1 aromatic heterocycles. The van der Waals surface area contributed by atoms with Gasteiger partial charge in [-0.2, -0.15) is 13.2 Å². The molecule has 0 aliphatic carbocycles. The van der Waals surface area contributed by atoms with Gasteiger partial charge in [0.1, 0.15) is 0 Å². The highest BCUT2D eigenvalue weighted by Crippen LogP contribution is 2.33. The summed E-state index contributed by atoms with van der Waals surface area (Å²) in [6.45, 7) is 0. The number of benzene rings is 1. The summed E-state index contributed by atoms with van der Waals surface area (Å²) in [5.74, 6) is -0.741. The maximum Gasteiger partial charge on any atom is 0.445 e. The van der Waals surface area contributed by atoms with Gasteiger partial charge in [0.2, 0.25) is 10.1 Å². The monoisotopic (exact) mass is 318 g/mol. The third kappa shape index (κ3) is 3.51. The number of hydrogen-bond acceptors (Lipinski definition) is 6. The average molecular weight is 318 g/mol. The fourth-order valence-electron chi connectivity index (χ4n) is 1.29. The van der Waals surface area contributed by atoms with Gasteiger partial charge < -0.3 is 0 Å². The van der Waals surface area contributed by atoms with Crippen LogP contribution in [0.3, 0.4) is 0 Å². The molecule has 2 aromatic rings. The predicted octanol–water partition coefficient (Wildman–Crippen LogP) is 2.72. The van der Waals surface area contributed by atoms with E-state index in [0.717, 1.165) is 12.1 Å². The highest BCUT2D eigenvalue weighted by Gasteiger charge is 2.35. The van der Waals surface area contributed by atoms with Crippen molar-refractivity contribution in [3.8, 4) is 0 Å².